The Kier molecular flexibility index (Phi) is 6.56. The molecule has 1 heterocycles. The van der Waals surface area contributed by atoms with Crippen molar-refractivity contribution in [3.63, 3.8) is 0 Å². The van der Waals surface area contributed by atoms with Gasteiger partial charge in [-0.15, -0.1) is 0 Å². The molecule has 0 radical (unpaired) electrons. The maximum Gasteiger partial charge on any atom is 0.0398 e. The van der Waals surface area contributed by atoms with E-state index < -0.39 is 0 Å². The molecule has 1 aliphatic rings. The van der Waals surface area contributed by atoms with Crippen molar-refractivity contribution >= 4 is 5.69 Å². The highest BCUT2D eigenvalue weighted by Crippen LogP contribution is 2.30. The summed E-state index contributed by atoms with van der Waals surface area (Å²) in [6.45, 7) is 7.91. The molecular formula is C19H32N2. The van der Waals surface area contributed by atoms with Crippen LogP contribution in [0.2, 0.25) is 0 Å². The lowest BCUT2D eigenvalue weighted by molar-refractivity contribution is 0.405. The van der Waals surface area contributed by atoms with Crippen molar-refractivity contribution in [2.24, 2.45) is 17.6 Å². The van der Waals surface area contributed by atoms with Crippen LogP contribution in [0.25, 0.3) is 0 Å². The van der Waals surface area contributed by atoms with Crippen LogP contribution < -0.4 is 10.6 Å². The van der Waals surface area contributed by atoms with Crippen LogP contribution >= 0.6 is 0 Å². The molecule has 0 saturated heterocycles. The third kappa shape index (κ3) is 4.74. The second-order valence-corrected chi connectivity index (χ2v) is 6.76. The molecule has 2 nitrogen and oxygen atoms in total. The highest BCUT2D eigenvalue weighted by Gasteiger charge is 2.21. The number of hydrogen-bond acceptors (Lipinski definition) is 2. The van der Waals surface area contributed by atoms with Crippen LogP contribution in [0.15, 0.2) is 24.3 Å². The lowest BCUT2D eigenvalue weighted by Gasteiger charge is -2.35. The van der Waals surface area contributed by atoms with Crippen LogP contribution in [0.4, 0.5) is 5.69 Å². The average Bonchev–Trinajstić information content (AvgIpc) is 2.47. The third-order valence-electron chi connectivity index (χ3n) is 4.74. The van der Waals surface area contributed by atoms with E-state index in [1.54, 1.807) is 0 Å². The Bertz CT molecular complexity index is 410. The summed E-state index contributed by atoms with van der Waals surface area (Å²) < 4.78 is 0. The number of anilines is 1. The highest BCUT2D eigenvalue weighted by atomic mass is 15.1. The Morgan fingerprint density at radius 3 is 2.81 bits per heavy atom. The molecule has 0 bridgehead atoms. The van der Waals surface area contributed by atoms with Crippen molar-refractivity contribution in [2.45, 2.75) is 52.4 Å². The Labute approximate surface area is 130 Å². The minimum atomic E-state index is 0.774. The molecule has 0 saturated carbocycles. The zero-order valence-corrected chi connectivity index (χ0v) is 13.9. The molecule has 2 heteroatoms. The Morgan fingerprint density at radius 2 is 2.05 bits per heavy atom. The first-order valence-corrected chi connectivity index (χ1v) is 8.77. The fourth-order valence-electron chi connectivity index (χ4n) is 3.77. The minimum Gasteiger partial charge on any atom is -0.371 e. The Morgan fingerprint density at radius 1 is 1.24 bits per heavy atom. The van der Waals surface area contributed by atoms with Gasteiger partial charge in [0, 0.05) is 18.8 Å². The molecule has 118 valence electrons. The number of benzene rings is 1. The van der Waals surface area contributed by atoms with Crippen molar-refractivity contribution in [1.29, 1.82) is 0 Å². The average molecular weight is 288 g/mol. The standard InChI is InChI=1S/C19H32N2/c1-3-7-17(11-12-20)8-6-13-21-15-16(2)14-18-9-4-5-10-19(18)21/h4-5,9-10,16-17H,3,6-8,11-15,20H2,1-2H3. The molecule has 0 spiro atoms. The second kappa shape index (κ2) is 8.43. The quantitative estimate of drug-likeness (QED) is 0.775. The normalized spacial score (nSPS) is 19.4. The largest absolute Gasteiger partial charge is 0.371 e. The summed E-state index contributed by atoms with van der Waals surface area (Å²) >= 11 is 0. The summed E-state index contributed by atoms with van der Waals surface area (Å²) in [5.41, 5.74) is 8.75. The Balaban J connectivity index is 1.88. The fraction of sp³-hybridized carbons (Fsp3) is 0.684. The summed E-state index contributed by atoms with van der Waals surface area (Å²) in [5.74, 6) is 1.60. The Hall–Kier alpha value is -1.02. The lowest BCUT2D eigenvalue weighted by atomic mass is 9.92. The minimum absolute atomic E-state index is 0.774. The zero-order valence-electron chi connectivity index (χ0n) is 13.9. The van der Waals surface area contributed by atoms with Crippen LogP contribution in [0, 0.1) is 11.8 Å². The van der Waals surface area contributed by atoms with Crippen molar-refractivity contribution in [1.82, 2.24) is 0 Å². The van der Waals surface area contributed by atoms with Crippen LogP contribution in [-0.2, 0) is 6.42 Å². The SMILES string of the molecule is CCCC(CCN)CCCN1CC(C)Cc2ccccc21. The lowest BCUT2D eigenvalue weighted by Crippen LogP contribution is -2.35. The van der Waals surface area contributed by atoms with E-state index in [0.29, 0.717) is 0 Å². The first kappa shape index (κ1) is 16.4. The molecule has 1 aromatic carbocycles. The van der Waals surface area contributed by atoms with E-state index in [1.807, 2.05) is 0 Å². The molecular weight excluding hydrogens is 256 g/mol. The van der Waals surface area contributed by atoms with Gasteiger partial charge in [-0.05, 0) is 55.7 Å². The van der Waals surface area contributed by atoms with Crippen molar-refractivity contribution in [3.05, 3.63) is 29.8 Å². The second-order valence-electron chi connectivity index (χ2n) is 6.76. The monoisotopic (exact) mass is 288 g/mol. The van der Waals surface area contributed by atoms with E-state index in [0.717, 1.165) is 18.4 Å². The maximum absolute atomic E-state index is 5.75. The number of para-hydroxylation sites is 1. The summed E-state index contributed by atoms with van der Waals surface area (Å²) in [6, 6.07) is 8.95. The van der Waals surface area contributed by atoms with E-state index >= 15 is 0 Å². The van der Waals surface area contributed by atoms with Gasteiger partial charge in [-0.3, -0.25) is 0 Å². The highest BCUT2D eigenvalue weighted by molar-refractivity contribution is 5.55. The molecule has 0 aromatic heterocycles. The predicted molar refractivity (Wildman–Crippen MR) is 92.8 cm³/mol. The van der Waals surface area contributed by atoms with Gasteiger partial charge in [0.2, 0.25) is 0 Å². The first-order valence-electron chi connectivity index (χ1n) is 8.77. The molecule has 2 rings (SSSR count). The topological polar surface area (TPSA) is 29.3 Å². The number of nitrogens with zero attached hydrogens (tertiary/aromatic N) is 1. The molecule has 0 fully saturated rings. The summed E-state index contributed by atoms with van der Waals surface area (Å²) in [5, 5.41) is 0. The van der Waals surface area contributed by atoms with E-state index in [9.17, 15) is 0 Å². The van der Waals surface area contributed by atoms with Gasteiger partial charge in [0.05, 0.1) is 0 Å². The third-order valence-corrected chi connectivity index (χ3v) is 4.74. The maximum atomic E-state index is 5.75. The zero-order chi connectivity index (χ0) is 15.1. The summed E-state index contributed by atoms with van der Waals surface area (Å²) in [4.78, 5) is 2.61. The van der Waals surface area contributed by atoms with Crippen LogP contribution in [0.3, 0.4) is 0 Å². The predicted octanol–water partition coefficient (Wildman–Crippen LogP) is 4.23. The molecule has 21 heavy (non-hydrogen) atoms. The molecule has 1 aliphatic heterocycles. The van der Waals surface area contributed by atoms with Crippen LogP contribution in [0.5, 0.6) is 0 Å². The number of hydrogen-bond donors (Lipinski definition) is 1. The van der Waals surface area contributed by atoms with E-state index in [-0.39, 0.29) is 0 Å². The van der Waals surface area contributed by atoms with Gasteiger partial charge < -0.3 is 10.6 Å². The summed E-state index contributed by atoms with van der Waals surface area (Å²) in [6.07, 6.45) is 7.68. The van der Waals surface area contributed by atoms with Gasteiger partial charge in [0.25, 0.3) is 0 Å². The number of rotatable bonds is 8. The van der Waals surface area contributed by atoms with Gasteiger partial charge in [-0.25, -0.2) is 0 Å². The molecule has 1 aromatic rings. The van der Waals surface area contributed by atoms with Gasteiger partial charge >= 0.3 is 0 Å². The molecule has 0 aliphatic carbocycles. The molecule has 2 N–H and O–H groups in total. The van der Waals surface area contributed by atoms with E-state index in [4.69, 9.17) is 5.73 Å². The van der Waals surface area contributed by atoms with Crippen LogP contribution in [-0.4, -0.2) is 19.6 Å². The number of nitrogens with two attached hydrogens (primary N) is 1. The van der Waals surface area contributed by atoms with E-state index in [1.165, 1.54) is 62.9 Å². The smallest absolute Gasteiger partial charge is 0.0398 e. The first-order chi connectivity index (χ1) is 10.2. The van der Waals surface area contributed by atoms with Crippen molar-refractivity contribution < 1.29 is 0 Å². The number of fused-ring (bicyclic) bond motifs is 1. The molecule has 0 amide bonds. The van der Waals surface area contributed by atoms with Crippen molar-refractivity contribution in [2.75, 3.05) is 24.5 Å². The van der Waals surface area contributed by atoms with Crippen molar-refractivity contribution in [3.8, 4) is 0 Å². The van der Waals surface area contributed by atoms with Gasteiger partial charge in [-0.2, -0.15) is 0 Å². The fourth-order valence-corrected chi connectivity index (χ4v) is 3.77. The van der Waals surface area contributed by atoms with Crippen LogP contribution in [0.1, 0.15) is 51.5 Å². The van der Waals surface area contributed by atoms with Gasteiger partial charge in [-0.1, -0.05) is 44.9 Å². The molecule has 2 unspecified atom stereocenters. The molecule has 2 atom stereocenters. The van der Waals surface area contributed by atoms with Gasteiger partial charge in [0.15, 0.2) is 0 Å². The van der Waals surface area contributed by atoms with Gasteiger partial charge in [0.1, 0.15) is 0 Å². The summed E-state index contributed by atoms with van der Waals surface area (Å²) in [7, 11) is 0. The van der Waals surface area contributed by atoms with E-state index in [2.05, 4.69) is 43.0 Å².